The average molecular weight is 284 g/mol. The third kappa shape index (κ3) is 5.30. The average Bonchev–Trinajstić information content (AvgIpc) is 2.82. The topological polar surface area (TPSA) is 69.6 Å². The van der Waals surface area contributed by atoms with E-state index >= 15 is 0 Å². The van der Waals surface area contributed by atoms with Gasteiger partial charge in [-0.25, -0.2) is 4.79 Å². The van der Waals surface area contributed by atoms with Gasteiger partial charge in [-0.1, -0.05) is 6.07 Å². The second-order valence-electron chi connectivity index (χ2n) is 4.29. The molecule has 1 aromatic heterocycles. The zero-order chi connectivity index (χ0) is 14.3. The molecule has 0 spiro atoms. The molecule has 6 heteroatoms. The Balaban J connectivity index is 2.38. The highest BCUT2D eigenvalue weighted by molar-refractivity contribution is 7.09. The van der Waals surface area contributed by atoms with Gasteiger partial charge in [0.15, 0.2) is 0 Å². The van der Waals surface area contributed by atoms with Gasteiger partial charge in [0, 0.05) is 24.0 Å². The monoisotopic (exact) mass is 284 g/mol. The fourth-order valence-electron chi connectivity index (χ4n) is 1.87. The van der Waals surface area contributed by atoms with Gasteiger partial charge in [-0.3, -0.25) is 4.79 Å². The molecule has 1 rings (SSSR count). The summed E-state index contributed by atoms with van der Waals surface area (Å²) in [5.74, 6) is -0.891. The SMILES string of the molecule is CCN(C(=O)NCCc1cccs1)C(C)CC(=O)O. The predicted molar refractivity (Wildman–Crippen MR) is 75.5 cm³/mol. The summed E-state index contributed by atoms with van der Waals surface area (Å²) < 4.78 is 0. The second kappa shape index (κ2) is 7.78. The number of carboxylic acid groups (broad SMARTS) is 1. The Labute approximate surface area is 117 Å². The summed E-state index contributed by atoms with van der Waals surface area (Å²) in [6, 6.07) is 3.51. The number of carbonyl (C=O) groups excluding carboxylic acids is 1. The van der Waals surface area contributed by atoms with E-state index in [0.29, 0.717) is 13.1 Å². The van der Waals surface area contributed by atoms with Gasteiger partial charge < -0.3 is 15.3 Å². The van der Waals surface area contributed by atoms with Crippen LogP contribution in [0.2, 0.25) is 0 Å². The van der Waals surface area contributed by atoms with Gasteiger partial charge in [0.2, 0.25) is 0 Å². The highest BCUT2D eigenvalue weighted by Crippen LogP contribution is 2.08. The Morgan fingerprint density at radius 1 is 1.53 bits per heavy atom. The first kappa shape index (κ1) is 15.5. The number of thiophene rings is 1. The molecule has 19 heavy (non-hydrogen) atoms. The van der Waals surface area contributed by atoms with Crippen molar-refractivity contribution in [2.75, 3.05) is 13.1 Å². The molecule has 0 aliphatic carbocycles. The van der Waals surface area contributed by atoms with E-state index in [2.05, 4.69) is 5.32 Å². The van der Waals surface area contributed by atoms with Crippen LogP contribution in [-0.4, -0.2) is 41.1 Å². The van der Waals surface area contributed by atoms with E-state index in [0.717, 1.165) is 6.42 Å². The highest BCUT2D eigenvalue weighted by Gasteiger charge is 2.20. The smallest absolute Gasteiger partial charge is 0.317 e. The lowest BCUT2D eigenvalue weighted by Crippen LogP contribution is -2.46. The Kier molecular flexibility index (Phi) is 6.35. The first-order valence-electron chi connectivity index (χ1n) is 6.33. The normalized spacial score (nSPS) is 11.9. The third-order valence-electron chi connectivity index (χ3n) is 2.83. The number of urea groups is 1. The highest BCUT2D eigenvalue weighted by atomic mass is 32.1. The van der Waals surface area contributed by atoms with E-state index in [4.69, 9.17) is 5.11 Å². The molecule has 0 saturated heterocycles. The third-order valence-corrected chi connectivity index (χ3v) is 3.77. The van der Waals surface area contributed by atoms with Gasteiger partial charge in [-0.05, 0) is 31.7 Å². The summed E-state index contributed by atoms with van der Waals surface area (Å²) in [7, 11) is 0. The summed E-state index contributed by atoms with van der Waals surface area (Å²) in [5, 5.41) is 13.6. The predicted octanol–water partition coefficient (Wildman–Crippen LogP) is 2.19. The van der Waals surface area contributed by atoms with Crippen LogP contribution >= 0.6 is 11.3 Å². The lowest BCUT2D eigenvalue weighted by atomic mass is 10.2. The molecule has 0 aliphatic rings. The van der Waals surface area contributed by atoms with Crippen LogP contribution in [-0.2, 0) is 11.2 Å². The molecule has 106 valence electrons. The lowest BCUT2D eigenvalue weighted by Gasteiger charge is -2.27. The molecule has 5 nitrogen and oxygen atoms in total. The van der Waals surface area contributed by atoms with Crippen LogP contribution in [0.15, 0.2) is 17.5 Å². The minimum Gasteiger partial charge on any atom is -0.481 e. The van der Waals surface area contributed by atoms with Crippen LogP contribution in [0.5, 0.6) is 0 Å². The molecule has 1 unspecified atom stereocenters. The molecular formula is C13H20N2O3S. The molecule has 0 bridgehead atoms. The number of rotatable bonds is 7. The Bertz CT molecular complexity index is 406. The number of nitrogens with zero attached hydrogens (tertiary/aromatic N) is 1. The summed E-state index contributed by atoms with van der Waals surface area (Å²) >= 11 is 1.66. The van der Waals surface area contributed by atoms with Crippen LogP contribution in [0.3, 0.4) is 0 Å². The van der Waals surface area contributed by atoms with Crippen molar-refractivity contribution in [1.29, 1.82) is 0 Å². The zero-order valence-electron chi connectivity index (χ0n) is 11.3. The summed E-state index contributed by atoms with van der Waals surface area (Å²) in [4.78, 5) is 25.4. The minimum absolute atomic E-state index is 0.0355. The number of carboxylic acids is 1. The molecular weight excluding hydrogens is 264 g/mol. The van der Waals surface area contributed by atoms with E-state index in [1.807, 2.05) is 24.4 Å². The van der Waals surface area contributed by atoms with Crippen molar-refractivity contribution in [3.63, 3.8) is 0 Å². The van der Waals surface area contributed by atoms with Gasteiger partial charge in [0.05, 0.1) is 6.42 Å². The van der Waals surface area contributed by atoms with E-state index < -0.39 is 5.97 Å². The maximum atomic E-state index is 12.0. The van der Waals surface area contributed by atoms with Crippen molar-refractivity contribution in [1.82, 2.24) is 10.2 Å². The van der Waals surface area contributed by atoms with Crippen LogP contribution in [0.25, 0.3) is 0 Å². The molecule has 1 atom stereocenters. The molecule has 0 saturated carbocycles. The summed E-state index contributed by atoms with van der Waals surface area (Å²) in [6.45, 7) is 4.66. The lowest BCUT2D eigenvalue weighted by molar-refractivity contribution is -0.138. The van der Waals surface area contributed by atoms with Gasteiger partial charge in [-0.15, -0.1) is 11.3 Å². The number of nitrogens with one attached hydrogen (secondary N) is 1. The Morgan fingerprint density at radius 2 is 2.26 bits per heavy atom. The van der Waals surface area contributed by atoms with Gasteiger partial charge in [0.1, 0.15) is 0 Å². The van der Waals surface area contributed by atoms with Gasteiger partial charge in [0.25, 0.3) is 0 Å². The van der Waals surface area contributed by atoms with Crippen molar-refractivity contribution in [2.45, 2.75) is 32.7 Å². The van der Waals surface area contributed by atoms with E-state index in [-0.39, 0.29) is 18.5 Å². The number of hydrogen-bond donors (Lipinski definition) is 2. The van der Waals surface area contributed by atoms with Crippen LogP contribution in [0.1, 0.15) is 25.1 Å². The van der Waals surface area contributed by atoms with Crippen molar-refractivity contribution >= 4 is 23.3 Å². The molecule has 2 amide bonds. The van der Waals surface area contributed by atoms with Crippen LogP contribution in [0, 0.1) is 0 Å². The fourth-order valence-corrected chi connectivity index (χ4v) is 2.58. The molecule has 1 aromatic rings. The van der Waals surface area contributed by atoms with E-state index in [9.17, 15) is 9.59 Å². The van der Waals surface area contributed by atoms with Gasteiger partial charge >= 0.3 is 12.0 Å². The minimum atomic E-state index is -0.891. The van der Waals surface area contributed by atoms with Crippen LogP contribution < -0.4 is 5.32 Å². The molecule has 0 fully saturated rings. The quantitative estimate of drug-likeness (QED) is 0.806. The number of aliphatic carboxylic acids is 1. The molecule has 0 aromatic carbocycles. The first-order valence-corrected chi connectivity index (χ1v) is 7.21. The standard InChI is InChI=1S/C13H20N2O3S/c1-3-15(10(2)9-12(16)17)13(18)14-7-6-11-5-4-8-19-11/h4-5,8,10H,3,6-7,9H2,1-2H3,(H,14,18)(H,16,17). The number of amides is 2. The zero-order valence-corrected chi connectivity index (χ0v) is 12.1. The van der Waals surface area contributed by atoms with Crippen molar-refractivity contribution in [3.05, 3.63) is 22.4 Å². The van der Waals surface area contributed by atoms with Gasteiger partial charge in [-0.2, -0.15) is 0 Å². The van der Waals surface area contributed by atoms with Crippen LogP contribution in [0.4, 0.5) is 4.79 Å². The van der Waals surface area contributed by atoms with Crippen molar-refractivity contribution < 1.29 is 14.7 Å². The maximum Gasteiger partial charge on any atom is 0.317 e. The second-order valence-corrected chi connectivity index (χ2v) is 5.33. The van der Waals surface area contributed by atoms with E-state index in [1.54, 1.807) is 23.2 Å². The molecule has 1 heterocycles. The Morgan fingerprint density at radius 3 is 2.79 bits per heavy atom. The molecule has 0 radical (unpaired) electrons. The molecule has 2 N–H and O–H groups in total. The Hall–Kier alpha value is -1.56. The fraction of sp³-hybridized carbons (Fsp3) is 0.538. The summed E-state index contributed by atoms with van der Waals surface area (Å²) in [6.07, 6.45) is 0.764. The summed E-state index contributed by atoms with van der Waals surface area (Å²) in [5.41, 5.74) is 0. The maximum absolute atomic E-state index is 12.0. The van der Waals surface area contributed by atoms with Crippen molar-refractivity contribution in [2.24, 2.45) is 0 Å². The molecule has 0 aliphatic heterocycles. The van der Waals surface area contributed by atoms with E-state index in [1.165, 1.54) is 4.88 Å². The van der Waals surface area contributed by atoms with Crippen molar-refractivity contribution in [3.8, 4) is 0 Å². The number of carbonyl (C=O) groups is 2. The largest absolute Gasteiger partial charge is 0.481 e. The number of hydrogen-bond acceptors (Lipinski definition) is 3. The first-order chi connectivity index (χ1) is 9.04.